The SMILES string of the molecule is CN(C=Cc1nc2ccccc2s1)c1ccc(CC(=O)O)cc1. The summed E-state index contributed by atoms with van der Waals surface area (Å²) in [6.07, 6.45) is 3.99. The van der Waals surface area contributed by atoms with Crippen molar-refractivity contribution in [2.45, 2.75) is 6.42 Å². The molecule has 116 valence electrons. The van der Waals surface area contributed by atoms with Gasteiger partial charge in [0.1, 0.15) is 5.01 Å². The molecule has 0 spiro atoms. The van der Waals surface area contributed by atoms with Crippen LogP contribution in [0.5, 0.6) is 0 Å². The van der Waals surface area contributed by atoms with E-state index in [0.717, 1.165) is 21.8 Å². The van der Waals surface area contributed by atoms with Crippen LogP contribution >= 0.6 is 11.3 Å². The molecule has 0 atom stereocenters. The van der Waals surface area contributed by atoms with Gasteiger partial charge in [-0.1, -0.05) is 24.3 Å². The van der Waals surface area contributed by atoms with Crippen LogP contribution < -0.4 is 4.90 Å². The van der Waals surface area contributed by atoms with Crippen molar-refractivity contribution in [1.29, 1.82) is 0 Å². The fourth-order valence-electron chi connectivity index (χ4n) is 2.25. The molecule has 3 aromatic rings. The molecule has 0 amide bonds. The lowest BCUT2D eigenvalue weighted by molar-refractivity contribution is -0.136. The average Bonchev–Trinajstić information content (AvgIpc) is 2.95. The van der Waals surface area contributed by atoms with E-state index in [1.165, 1.54) is 4.70 Å². The maximum Gasteiger partial charge on any atom is 0.307 e. The molecule has 23 heavy (non-hydrogen) atoms. The topological polar surface area (TPSA) is 53.4 Å². The van der Waals surface area contributed by atoms with Crippen LogP contribution in [0.2, 0.25) is 0 Å². The number of nitrogens with zero attached hydrogens (tertiary/aromatic N) is 2. The predicted octanol–water partition coefficient (Wildman–Crippen LogP) is 4.03. The normalized spacial score (nSPS) is 11.2. The first-order valence-electron chi connectivity index (χ1n) is 7.19. The Morgan fingerprint density at radius 2 is 1.96 bits per heavy atom. The Morgan fingerprint density at radius 3 is 2.65 bits per heavy atom. The summed E-state index contributed by atoms with van der Waals surface area (Å²) in [7, 11) is 1.95. The van der Waals surface area contributed by atoms with Crippen LogP contribution in [0.25, 0.3) is 16.3 Å². The molecular weight excluding hydrogens is 308 g/mol. The molecule has 1 aromatic heterocycles. The molecular formula is C18H16N2O2S. The highest BCUT2D eigenvalue weighted by Gasteiger charge is 2.03. The first kappa shape index (κ1) is 15.2. The van der Waals surface area contributed by atoms with Gasteiger partial charge in [-0.2, -0.15) is 0 Å². The second-order valence-corrected chi connectivity index (χ2v) is 6.25. The maximum atomic E-state index is 10.7. The second-order valence-electron chi connectivity index (χ2n) is 5.18. The van der Waals surface area contributed by atoms with Crippen LogP contribution in [0.4, 0.5) is 5.69 Å². The van der Waals surface area contributed by atoms with Crippen molar-refractivity contribution >= 4 is 39.3 Å². The number of hydrogen-bond acceptors (Lipinski definition) is 4. The first-order valence-corrected chi connectivity index (χ1v) is 8.01. The molecule has 0 fully saturated rings. The minimum Gasteiger partial charge on any atom is -0.481 e. The number of aliphatic carboxylic acids is 1. The number of aromatic nitrogens is 1. The molecule has 1 heterocycles. The molecule has 0 aliphatic rings. The Labute approximate surface area is 138 Å². The minimum absolute atomic E-state index is 0.0472. The van der Waals surface area contributed by atoms with E-state index in [9.17, 15) is 4.79 Å². The fourth-order valence-corrected chi connectivity index (χ4v) is 3.11. The Morgan fingerprint density at radius 1 is 1.22 bits per heavy atom. The van der Waals surface area contributed by atoms with Crippen molar-refractivity contribution in [1.82, 2.24) is 4.98 Å². The van der Waals surface area contributed by atoms with Gasteiger partial charge < -0.3 is 10.0 Å². The number of carboxylic acid groups (broad SMARTS) is 1. The lowest BCUT2D eigenvalue weighted by Gasteiger charge is -2.14. The maximum absolute atomic E-state index is 10.7. The predicted molar refractivity (Wildman–Crippen MR) is 94.8 cm³/mol. The number of rotatable bonds is 5. The summed E-state index contributed by atoms with van der Waals surface area (Å²) >= 11 is 1.65. The molecule has 4 nitrogen and oxygen atoms in total. The van der Waals surface area contributed by atoms with E-state index >= 15 is 0 Å². The number of thiazole rings is 1. The highest BCUT2D eigenvalue weighted by atomic mass is 32.1. The number of fused-ring (bicyclic) bond motifs is 1. The van der Waals surface area contributed by atoms with Gasteiger partial charge in [0.05, 0.1) is 16.6 Å². The van der Waals surface area contributed by atoms with Gasteiger partial charge in [0, 0.05) is 18.9 Å². The summed E-state index contributed by atoms with van der Waals surface area (Å²) in [5.41, 5.74) is 2.80. The van der Waals surface area contributed by atoms with Gasteiger partial charge in [-0.05, 0) is 35.9 Å². The first-order chi connectivity index (χ1) is 11.1. The number of benzene rings is 2. The molecule has 3 rings (SSSR count). The Balaban J connectivity index is 1.72. The smallest absolute Gasteiger partial charge is 0.307 e. The van der Waals surface area contributed by atoms with Crippen molar-refractivity contribution in [3.8, 4) is 0 Å². The zero-order chi connectivity index (χ0) is 16.2. The van der Waals surface area contributed by atoms with Gasteiger partial charge in [-0.3, -0.25) is 4.79 Å². The third-order valence-electron chi connectivity index (χ3n) is 3.45. The molecule has 0 radical (unpaired) electrons. The third-order valence-corrected chi connectivity index (χ3v) is 4.45. The molecule has 0 bridgehead atoms. The zero-order valence-electron chi connectivity index (χ0n) is 12.6. The monoisotopic (exact) mass is 324 g/mol. The van der Waals surface area contributed by atoms with E-state index in [-0.39, 0.29) is 6.42 Å². The van der Waals surface area contributed by atoms with Crippen LogP contribution in [0.3, 0.4) is 0 Å². The van der Waals surface area contributed by atoms with Gasteiger partial charge in [0.2, 0.25) is 0 Å². The number of carbonyl (C=O) groups is 1. The summed E-state index contributed by atoms with van der Waals surface area (Å²) in [4.78, 5) is 17.2. The van der Waals surface area contributed by atoms with E-state index in [0.29, 0.717) is 0 Å². The molecule has 2 aromatic carbocycles. The van der Waals surface area contributed by atoms with E-state index < -0.39 is 5.97 Å². The van der Waals surface area contributed by atoms with Gasteiger partial charge in [0.15, 0.2) is 0 Å². The highest BCUT2D eigenvalue weighted by Crippen LogP contribution is 2.23. The van der Waals surface area contributed by atoms with Crippen molar-refractivity contribution in [3.63, 3.8) is 0 Å². The Kier molecular flexibility index (Phi) is 4.39. The zero-order valence-corrected chi connectivity index (χ0v) is 13.5. The van der Waals surface area contributed by atoms with Gasteiger partial charge in [-0.25, -0.2) is 4.98 Å². The molecule has 0 unspecified atom stereocenters. The van der Waals surface area contributed by atoms with Crippen molar-refractivity contribution in [2.24, 2.45) is 0 Å². The summed E-state index contributed by atoms with van der Waals surface area (Å²) in [6, 6.07) is 15.6. The number of para-hydroxylation sites is 1. The van der Waals surface area contributed by atoms with Crippen molar-refractivity contribution in [2.75, 3.05) is 11.9 Å². The summed E-state index contributed by atoms with van der Waals surface area (Å²) in [5, 5.41) is 9.75. The Bertz CT molecular complexity index is 820. The summed E-state index contributed by atoms with van der Waals surface area (Å²) < 4.78 is 1.17. The van der Waals surface area contributed by atoms with Gasteiger partial charge in [0.25, 0.3) is 0 Å². The average molecular weight is 324 g/mol. The van der Waals surface area contributed by atoms with Crippen LogP contribution in [-0.2, 0) is 11.2 Å². The van der Waals surface area contributed by atoms with Crippen molar-refractivity contribution in [3.05, 3.63) is 65.3 Å². The molecule has 0 aliphatic heterocycles. The van der Waals surface area contributed by atoms with Gasteiger partial charge in [-0.15, -0.1) is 11.3 Å². The standard InChI is InChI=1S/C18H16N2O2S/c1-20(14-8-6-13(7-9-14)12-18(21)22)11-10-17-19-15-4-2-3-5-16(15)23-17/h2-11H,12H2,1H3,(H,21,22). The summed E-state index contributed by atoms with van der Waals surface area (Å²) in [5.74, 6) is -0.818. The second kappa shape index (κ2) is 6.62. The highest BCUT2D eigenvalue weighted by molar-refractivity contribution is 7.19. The van der Waals surface area contributed by atoms with Crippen LogP contribution in [0, 0.1) is 0 Å². The van der Waals surface area contributed by atoms with Crippen molar-refractivity contribution < 1.29 is 9.90 Å². The van der Waals surface area contributed by atoms with E-state index in [1.54, 1.807) is 11.3 Å². The number of hydrogen-bond donors (Lipinski definition) is 1. The van der Waals surface area contributed by atoms with E-state index in [2.05, 4.69) is 11.1 Å². The quantitative estimate of drug-likeness (QED) is 0.770. The number of carboxylic acids is 1. The van der Waals surface area contributed by atoms with E-state index in [1.807, 2.05) is 66.7 Å². The van der Waals surface area contributed by atoms with Crippen LogP contribution in [0.15, 0.2) is 54.7 Å². The van der Waals surface area contributed by atoms with Crippen LogP contribution in [0.1, 0.15) is 10.6 Å². The van der Waals surface area contributed by atoms with Crippen LogP contribution in [-0.4, -0.2) is 23.1 Å². The molecule has 1 N–H and O–H groups in total. The third kappa shape index (κ3) is 3.76. The molecule has 0 saturated heterocycles. The summed E-state index contributed by atoms with van der Waals surface area (Å²) in [6.45, 7) is 0. The fraction of sp³-hybridized carbons (Fsp3) is 0.111. The Hall–Kier alpha value is -2.66. The lowest BCUT2D eigenvalue weighted by atomic mass is 10.1. The molecule has 0 saturated carbocycles. The minimum atomic E-state index is -0.818. The number of anilines is 1. The molecule has 5 heteroatoms. The van der Waals surface area contributed by atoms with E-state index in [4.69, 9.17) is 5.11 Å². The lowest BCUT2D eigenvalue weighted by Crippen LogP contribution is -2.07. The largest absolute Gasteiger partial charge is 0.481 e. The van der Waals surface area contributed by atoms with Gasteiger partial charge >= 0.3 is 5.97 Å². The molecule has 0 aliphatic carbocycles.